The minimum absolute atomic E-state index is 0.284. The zero-order chi connectivity index (χ0) is 13.6. The van der Waals surface area contributed by atoms with E-state index in [1.807, 2.05) is 18.4 Å². The van der Waals surface area contributed by atoms with Gasteiger partial charge in [-0.05, 0) is 25.3 Å². The molecule has 1 aromatic heterocycles. The predicted molar refractivity (Wildman–Crippen MR) is 79.6 cm³/mol. The summed E-state index contributed by atoms with van der Waals surface area (Å²) >= 11 is 1.94. The van der Waals surface area contributed by atoms with Crippen LogP contribution in [-0.2, 0) is 11.8 Å². The number of fused-ring (bicyclic) bond motifs is 1. The van der Waals surface area contributed by atoms with Crippen LogP contribution >= 0.6 is 11.3 Å². The zero-order valence-electron chi connectivity index (χ0n) is 12.6. The summed E-state index contributed by atoms with van der Waals surface area (Å²) in [6.07, 6.45) is 2.39. The van der Waals surface area contributed by atoms with Crippen molar-refractivity contribution in [2.45, 2.75) is 58.8 Å². The van der Waals surface area contributed by atoms with Crippen molar-refractivity contribution < 1.29 is 0 Å². The molecular formula is C15H26N2S. The van der Waals surface area contributed by atoms with Crippen molar-refractivity contribution >= 4 is 11.3 Å². The van der Waals surface area contributed by atoms with Gasteiger partial charge in [0.15, 0.2) is 0 Å². The van der Waals surface area contributed by atoms with Gasteiger partial charge >= 0.3 is 0 Å². The molecule has 1 N–H and O–H groups in total. The summed E-state index contributed by atoms with van der Waals surface area (Å²) < 4.78 is 0. The lowest BCUT2D eigenvalue weighted by Gasteiger charge is -2.39. The van der Waals surface area contributed by atoms with E-state index in [0.717, 1.165) is 13.0 Å². The number of nitrogens with one attached hydrogen (secondary N) is 1. The first kappa shape index (κ1) is 14.0. The quantitative estimate of drug-likeness (QED) is 0.902. The molecule has 2 nitrogen and oxygen atoms in total. The lowest BCUT2D eigenvalue weighted by molar-refractivity contribution is 0.232. The molecule has 0 radical (unpaired) electrons. The molecule has 1 aromatic rings. The lowest BCUT2D eigenvalue weighted by atomic mass is 9.67. The first-order valence-electron chi connectivity index (χ1n) is 6.90. The minimum Gasteiger partial charge on any atom is -0.319 e. The second-order valence-corrected chi connectivity index (χ2v) is 8.22. The Labute approximate surface area is 115 Å². The summed E-state index contributed by atoms with van der Waals surface area (Å²) in [7, 11) is 2.01. The van der Waals surface area contributed by atoms with E-state index >= 15 is 0 Å². The highest BCUT2D eigenvalue weighted by Gasteiger charge is 2.40. The van der Waals surface area contributed by atoms with Crippen LogP contribution in [-0.4, -0.2) is 18.6 Å². The van der Waals surface area contributed by atoms with Crippen LogP contribution in [0.15, 0.2) is 0 Å². The van der Waals surface area contributed by atoms with E-state index in [0.29, 0.717) is 11.3 Å². The van der Waals surface area contributed by atoms with Crippen LogP contribution in [0.5, 0.6) is 0 Å². The largest absolute Gasteiger partial charge is 0.319 e. The summed E-state index contributed by atoms with van der Waals surface area (Å²) in [5.74, 6) is 0.518. The molecule has 0 saturated carbocycles. The number of thiazole rings is 1. The highest BCUT2D eigenvalue weighted by molar-refractivity contribution is 7.12. The van der Waals surface area contributed by atoms with E-state index in [9.17, 15) is 0 Å². The van der Waals surface area contributed by atoms with Crippen LogP contribution in [0.3, 0.4) is 0 Å². The van der Waals surface area contributed by atoms with E-state index in [-0.39, 0.29) is 5.41 Å². The second kappa shape index (κ2) is 4.61. The van der Waals surface area contributed by atoms with Gasteiger partial charge in [0, 0.05) is 22.8 Å². The summed E-state index contributed by atoms with van der Waals surface area (Å²) in [5, 5.41) is 4.56. The van der Waals surface area contributed by atoms with E-state index in [1.54, 1.807) is 0 Å². The van der Waals surface area contributed by atoms with E-state index in [1.165, 1.54) is 22.0 Å². The van der Waals surface area contributed by atoms with Crippen LogP contribution in [0.25, 0.3) is 0 Å². The van der Waals surface area contributed by atoms with Gasteiger partial charge in [0.25, 0.3) is 0 Å². The SMILES string of the molecule is CNCC(C)c1nc2c(s1)C(C)(C)CC(C)(C)C2. The molecule has 0 fully saturated rings. The van der Waals surface area contributed by atoms with Gasteiger partial charge in [0.2, 0.25) is 0 Å². The third-order valence-corrected chi connectivity index (χ3v) is 5.52. The van der Waals surface area contributed by atoms with Gasteiger partial charge in [-0.25, -0.2) is 4.98 Å². The predicted octanol–water partition coefficient (Wildman–Crippen LogP) is 3.72. The molecule has 2 rings (SSSR count). The number of hydrogen-bond acceptors (Lipinski definition) is 3. The van der Waals surface area contributed by atoms with Gasteiger partial charge in [-0.3, -0.25) is 0 Å². The van der Waals surface area contributed by atoms with E-state index < -0.39 is 0 Å². The van der Waals surface area contributed by atoms with E-state index in [2.05, 4.69) is 39.9 Å². The topological polar surface area (TPSA) is 24.9 Å². The van der Waals surface area contributed by atoms with Crippen molar-refractivity contribution in [3.05, 3.63) is 15.6 Å². The van der Waals surface area contributed by atoms with Crippen molar-refractivity contribution in [1.82, 2.24) is 10.3 Å². The van der Waals surface area contributed by atoms with Gasteiger partial charge in [-0.1, -0.05) is 34.6 Å². The Bertz CT molecular complexity index is 432. The maximum absolute atomic E-state index is 4.94. The summed E-state index contributed by atoms with van der Waals surface area (Å²) in [5.41, 5.74) is 2.03. The molecule has 1 unspecified atom stereocenters. The van der Waals surface area contributed by atoms with E-state index in [4.69, 9.17) is 4.98 Å². The molecule has 18 heavy (non-hydrogen) atoms. The zero-order valence-corrected chi connectivity index (χ0v) is 13.4. The van der Waals surface area contributed by atoms with Gasteiger partial charge in [0.05, 0.1) is 10.7 Å². The molecule has 102 valence electrons. The number of hydrogen-bond donors (Lipinski definition) is 1. The maximum atomic E-state index is 4.94. The van der Waals surface area contributed by atoms with Crippen molar-refractivity contribution in [3.8, 4) is 0 Å². The summed E-state index contributed by atoms with van der Waals surface area (Å²) in [6, 6.07) is 0. The Hall–Kier alpha value is -0.410. The summed E-state index contributed by atoms with van der Waals surface area (Å²) in [4.78, 5) is 6.47. The molecule has 1 heterocycles. The third kappa shape index (κ3) is 2.62. The summed E-state index contributed by atoms with van der Waals surface area (Å²) in [6.45, 7) is 12.8. The average Bonchev–Trinajstić information content (AvgIpc) is 2.59. The van der Waals surface area contributed by atoms with Crippen LogP contribution in [0.4, 0.5) is 0 Å². The number of nitrogens with zero attached hydrogens (tertiary/aromatic N) is 1. The monoisotopic (exact) mass is 266 g/mol. The fourth-order valence-corrected chi connectivity index (χ4v) is 4.65. The molecule has 0 aliphatic heterocycles. The highest BCUT2D eigenvalue weighted by Crippen LogP contribution is 2.48. The maximum Gasteiger partial charge on any atom is 0.0972 e. The highest BCUT2D eigenvalue weighted by atomic mass is 32.1. The normalized spacial score (nSPS) is 22.6. The number of rotatable bonds is 3. The van der Waals surface area contributed by atoms with Gasteiger partial charge in [0.1, 0.15) is 0 Å². The molecule has 0 amide bonds. The molecule has 1 aliphatic carbocycles. The lowest BCUT2D eigenvalue weighted by Crippen LogP contribution is -2.33. The smallest absolute Gasteiger partial charge is 0.0972 e. The Morgan fingerprint density at radius 2 is 2.00 bits per heavy atom. The Kier molecular flexibility index (Phi) is 3.58. The molecule has 0 spiro atoms. The van der Waals surface area contributed by atoms with Gasteiger partial charge in [-0.2, -0.15) is 0 Å². The van der Waals surface area contributed by atoms with Crippen molar-refractivity contribution in [2.75, 3.05) is 13.6 Å². The first-order valence-corrected chi connectivity index (χ1v) is 7.71. The Morgan fingerprint density at radius 3 is 2.61 bits per heavy atom. The Morgan fingerprint density at radius 1 is 1.33 bits per heavy atom. The molecule has 3 heteroatoms. The molecule has 0 saturated heterocycles. The average molecular weight is 266 g/mol. The Balaban J connectivity index is 2.36. The molecular weight excluding hydrogens is 240 g/mol. The van der Waals surface area contributed by atoms with Crippen LogP contribution in [0.2, 0.25) is 0 Å². The van der Waals surface area contributed by atoms with Gasteiger partial charge in [-0.15, -0.1) is 11.3 Å². The molecule has 1 aliphatic rings. The van der Waals surface area contributed by atoms with Crippen molar-refractivity contribution in [2.24, 2.45) is 5.41 Å². The minimum atomic E-state index is 0.284. The van der Waals surface area contributed by atoms with Crippen LogP contribution in [0.1, 0.15) is 62.5 Å². The first-order chi connectivity index (χ1) is 8.25. The van der Waals surface area contributed by atoms with Crippen LogP contribution < -0.4 is 5.32 Å². The molecule has 0 bridgehead atoms. The van der Waals surface area contributed by atoms with Gasteiger partial charge < -0.3 is 5.32 Å². The van der Waals surface area contributed by atoms with Crippen LogP contribution in [0, 0.1) is 5.41 Å². The standard InChI is InChI=1S/C15H26N2S/c1-10(8-16-6)13-17-11-7-14(2,3)9-15(4,5)12(11)18-13/h10,16H,7-9H2,1-6H3. The number of likely N-dealkylation sites (N-methyl/N-ethyl adjacent to an activating group) is 1. The third-order valence-electron chi connectivity index (χ3n) is 3.83. The molecule has 1 atom stereocenters. The van der Waals surface area contributed by atoms with Crippen molar-refractivity contribution in [1.29, 1.82) is 0 Å². The second-order valence-electron chi connectivity index (χ2n) is 7.19. The van der Waals surface area contributed by atoms with Crippen molar-refractivity contribution in [3.63, 3.8) is 0 Å². The fraction of sp³-hybridized carbons (Fsp3) is 0.800. The number of aromatic nitrogens is 1. The molecule has 0 aromatic carbocycles. The fourth-order valence-electron chi connectivity index (χ4n) is 3.42.